The third-order valence-corrected chi connectivity index (χ3v) is 2.78. The lowest BCUT2D eigenvalue weighted by atomic mass is 10.2. The highest BCUT2D eigenvalue weighted by Crippen LogP contribution is 2.21. The maximum absolute atomic E-state index is 11.2. The van der Waals surface area contributed by atoms with Crippen LogP contribution in [-0.4, -0.2) is 23.7 Å². The van der Waals surface area contributed by atoms with Crippen LogP contribution in [0.4, 0.5) is 0 Å². The Bertz CT molecular complexity index is 368. The van der Waals surface area contributed by atoms with E-state index in [1.54, 1.807) is 25.2 Å². The van der Waals surface area contributed by atoms with Crippen molar-refractivity contribution in [2.45, 2.75) is 6.54 Å². The molecule has 1 aromatic rings. The highest BCUT2D eigenvalue weighted by molar-refractivity contribution is 6.35. The number of rotatable bonds is 3. The van der Waals surface area contributed by atoms with Gasteiger partial charge in [0, 0.05) is 23.6 Å². The van der Waals surface area contributed by atoms with Crippen LogP contribution in [0.3, 0.4) is 0 Å². The van der Waals surface area contributed by atoms with Gasteiger partial charge < -0.3 is 4.90 Å². The fourth-order valence-corrected chi connectivity index (χ4v) is 1.77. The van der Waals surface area contributed by atoms with Crippen LogP contribution in [0, 0.1) is 0 Å². The molecule has 0 N–H and O–H groups in total. The van der Waals surface area contributed by atoms with Crippen LogP contribution in [0.5, 0.6) is 0 Å². The summed E-state index contributed by atoms with van der Waals surface area (Å²) >= 11 is 17.2. The van der Waals surface area contributed by atoms with E-state index in [2.05, 4.69) is 0 Å². The summed E-state index contributed by atoms with van der Waals surface area (Å²) in [6.45, 7) is 0.432. The number of amides is 1. The number of benzene rings is 1. The van der Waals surface area contributed by atoms with Crippen molar-refractivity contribution in [2.75, 3.05) is 12.9 Å². The Kier molecular flexibility index (Phi) is 4.71. The molecule has 1 aromatic carbocycles. The van der Waals surface area contributed by atoms with Crippen molar-refractivity contribution in [2.24, 2.45) is 0 Å². The Morgan fingerprint density at radius 1 is 1.40 bits per heavy atom. The molecule has 0 aromatic heterocycles. The number of halogens is 3. The topological polar surface area (TPSA) is 20.3 Å². The van der Waals surface area contributed by atoms with Crippen molar-refractivity contribution >= 4 is 40.7 Å². The second-order valence-corrected chi connectivity index (χ2v) is 4.23. The molecule has 0 bridgehead atoms. The van der Waals surface area contributed by atoms with Gasteiger partial charge in [-0.25, -0.2) is 0 Å². The predicted octanol–water partition coefficient (Wildman–Crippen LogP) is 3.19. The summed E-state index contributed by atoms with van der Waals surface area (Å²) in [4.78, 5) is 12.7. The van der Waals surface area contributed by atoms with Crippen molar-refractivity contribution in [1.29, 1.82) is 0 Å². The third-order valence-electron chi connectivity index (χ3n) is 1.96. The van der Waals surface area contributed by atoms with E-state index in [0.29, 0.717) is 16.6 Å². The molecule has 0 saturated carbocycles. The second kappa shape index (κ2) is 5.59. The molecule has 0 aliphatic heterocycles. The van der Waals surface area contributed by atoms with Crippen LogP contribution in [0.1, 0.15) is 5.56 Å². The van der Waals surface area contributed by atoms with Crippen LogP contribution in [0.2, 0.25) is 10.0 Å². The van der Waals surface area contributed by atoms with Gasteiger partial charge in [0.25, 0.3) is 0 Å². The van der Waals surface area contributed by atoms with Crippen molar-refractivity contribution in [3.05, 3.63) is 33.8 Å². The SMILES string of the molecule is CN(Cc1ccc(Cl)cc1Cl)C(=O)CCl. The molecule has 0 aliphatic rings. The van der Waals surface area contributed by atoms with Gasteiger partial charge in [-0.05, 0) is 17.7 Å². The fraction of sp³-hybridized carbons (Fsp3) is 0.300. The standard InChI is InChI=1S/C10H10Cl3NO/c1-14(10(15)5-11)6-7-2-3-8(12)4-9(7)13/h2-4H,5-6H2,1H3. The van der Waals surface area contributed by atoms with Gasteiger partial charge in [0.2, 0.25) is 5.91 Å². The number of hydrogen-bond donors (Lipinski definition) is 0. The summed E-state index contributed by atoms with van der Waals surface area (Å²) in [5.74, 6) is -0.162. The molecule has 0 saturated heterocycles. The molecular formula is C10H10Cl3NO. The second-order valence-electron chi connectivity index (χ2n) is 3.12. The van der Waals surface area contributed by atoms with E-state index < -0.39 is 0 Å². The molecule has 0 heterocycles. The van der Waals surface area contributed by atoms with Crippen molar-refractivity contribution in [3.8, 4) is 0 Å². The largest absolute Gasteiger partial charge is 0.340 e. The van der Waals surface area contributed by atoms with Gasteiger partial charge >= 0.3 is 0 Å². The van der Waals surface area contributed by atoms with Gasteiger partial charge in [0.15, 0.2) is 0 Å². The van der Waals surface area contributed by atoms with Crippen LogP contribution in [0.25, 0.3) is 0 Å². The van der Waals surface area contributed by atoms with E-state index in [1.807, 2.05) is 0 Å². The molecule has 0 unspecified atom stereocenters. The lowest BCUT2D eigenvalue weighted by Crippen LogP contribution is -2.27. The minimum atomic E-state index is -0.136. The van der Waals surface area contributed by atoms with E-state index in [1.165, 1.54) is 4.90 Å². The van der Waals surface area contributed by atoms with Crippen LogP contribution in [0.15, 0.2) is 18.2 Å². The molecule has 1 rings (SSSR count). The Hall–Kier alpha value is -0.440. The van der Waals surface area contributed by atoms with E-state index in [-0.39, 0.29) is 11.8 Å². The van der Waals surface area contributed by atoms with Gasteiger partial charge in [-0.15, -0.1) is 11.6 Å². The number of alkyl halides is 1. The monoisotopic (exact) mass is 265 g/mol. The van der Waals surface area contributed by atoms with Crippen molar-refractivity contribution in [3.63, 3.8) is 0 Å². The maximum atomic E-state index is 11.2. The summed E-state index contributed by atoms with van der Waals surface area (Å²) in [5.41, 5.74) is 0.849. The molecule has 82 valence electrons. The molecule has 15 heavy (non-hydrogen) atoms. The Morgan fingerprint density at radius 3 is 2.60 bits per heavy atom. The Labute approximate surface area is 104 Å². The minimum Gasteiger partial charge on any atom is -0.340 e. The zero-order chi connectivity index (χ0) is 11.4. The first kappa shape index (κ1) is 12.6. The minimum absolute atomic E-state index is 0.0261. The van der Waals surface area contributed by atoms with Gasteiger partial charge in [0.1, 0.15) is 5.88 Å². The van der Waals surface area contributed by atoms with Gasteiger partial charge in [-0.3, -0.25) is 4.79 Å². The molecule has 5 heteroatoms. The summed E-state index contributed by atoms with van der Waals surface area (Å²) in [7, 11) is 1.68. The number of nitrogens with zero attached hydrogens (tertiary/aromatic N) is 1. The summed E-state index contributed by atoms with van der Waals surface area (Å²) in [5, 5.41) is 1.13. The first-order valence-electron chi connectivity index (χ1n) is 4.28. The quantitative estimate of drug-likeness (QED) is 0.770. The van der Waals surface area contributed by atoms with Crippen molar-refractivity contribution in [1.82, 2.24) is 4.90 Å². The molecule has 0 spiro atoms. The van der Waals surface area contributed by atoms with Crippen LogP contribution < -0.4 is 0 Å². The van der Waals surface area contributed by atoms with Gasteiger partial charge in [-0.2, -0.15) is 0 Å². The van der Waals surface area contributed by atoms with Gasteiger partial charge in [-0.1, -0.05) is 29.3 Å². The Balaban J connectivity index is 2.76. The fourth-order valence-electron chi connectivity index (χ4n) is 1.10. The van der Waals surface area contributed by atoms with Gasteiger partial charge in [0.05, 0.1) is 0 Å². The smallest absolute Gasteiger partial charge is 0.237 e. The average Bonchev–Trinajstić information content (AvgIpc) is 2.20. The number of carbonyl (C=O) groups excluding carboxylic acids is 1. The average molecular weight is 267 g/mol. The van der Waals surface area contributed by atoms with Crippen LogP contribution in [-0.2, 0) is 11.3 Å². The first-order valence-corrected chi connectivity index (χ1v) is 5.57. The lowest BCUT2D eigenvalue weighted by molar-refractivity contribution is -0.127. The third kappa shape index (κ3) is 3.56. The molecule has 0 radical (unpaired) electrons. The molecule has 0 aliphatic carbocycles. The van der Waals surface area contributed by atoms with E-state index in [9.17, 15) is 4.79 Å². The highest BCUT2D eigenvalue weighted by atomic mass is 35.5. The van der Waals surface area contributed by atoms with Crippen molar-refractivity contribution < 1.29 is 4.79 Å². The van der Waals surface area contributed by atoms with E-state index in [4.69, 9.17) is 34.8 Å². The summed E-state index contributed by atoms with van der Waals surface area (Å²) in [6.07, 6.45) is 0. The molecule has 2 nitrogen and oxygen atoms in total. The first-order chi connectivity index (χ1) is 7.04. The summed E-state index contributed by atoms with van der Waals surface area (Å²) < 4.78 is 0. The van der Waals surface area contributed by atoms with E-state index >= 15 is 0 Å². The zero-order valence-electron chi connectivity index (χ0n) is 8.14. The highest BCUT2D eigenvalue weighted by Gasteiger charge is 2.09. The number of carbonyl (C=O) groups is 1. The lowest BCUT2D eigenvalue weighted by Gasteiger charge is -2.16. The summed E-state index contributed by atoms with van der Waals surface area (Å²) in [6, 6.07) is 5.18. The predicted molar refractivity (Wildman–Crippen MR) is 63.7 cm³/mol. The molecule has 0 fully saturated rings. The molecular weight excluding hydrogens is 256 g/mol. The van der Waals surface area contributed by atoms with Crippen LogP contribution >= 0.6 is 34.8 Å². The molecule has 0 atom stereocenters. The number of hydrogen-bond acceptors (Lipinski definition) is 1. The zero-order valence-corrected chi connectivity index (χ0v) is 10.4. The Morgan fingerprint density at radius 2 is 2.07 bits per heavy atom. The maximum Gasteiger partial charge on any atom is 0.237 e. The van der Waals surface area contributed by atoms with E-state index in [0.717, 1.165) is 5.56 Å². The molecule has 1 amide bonds. The normalized spacial score (nSPS) is 10.1.